The van der Waals surface area contributed by atoms with E-state index >= 15 is 0 Å². The van der Waals surface area contributed by atoms with E-state index < -0.39 is 45.5 Å². The summed E-state index contributed by atoms with van der Waals surface area (Å²) in [4.78, 5) is 78.7. The number of esters is 1. The van der Waals surface area contributed by atoms with Crippen LogP contribution in [0.1, 0.15) is 11.6 Å². The van der Waals surface area contributed by atoms with E-state index in [4.69, 9.17) is 0 Å². The largest absolute Gasteiger partial charge is 0.508 e. The molecule has 168 valence electrons. The second-order valence-corrected chi connectivity index (χ2v) is 6.57. The Morgan fingerprint density at radius 1 is 1.15 bits per heavy atom. The number of Topliss-reactive ketones (excluding diaryl/α,β-unsaturated/α-hetero) is 2. The number of aromatic nitrogens is 2. The number of carbonyl (C=O) groups is 4. The maximum absolute atomic E-state index is 12.8. The Morgan fingerprint density at radius 3 is 2.52 bits per heavy atom. The van der Waals surface area contributed by atoms with Crippen LogP contribution >= 0.6 is 0 Å². The highest BCUT2D eigenvalue weighted by Crippen LogP contribution is 2.21. The van der Waals surface area contributed by atoms with Gasteiger partial charge >= 0.3 is 5.97 Å². The standard InChI is InChI=1S/C20H14N4O9/c1-33-20(30)17(27)14(16(26)19(29)21-9-3-2-4-11(25)7-9)15-18(28)23-13-8-10(24(31)32)5-6-12(13)22-15/h2-8,14,25H,1H3,(H,21,29)(H,23,28). The molecule has 0 bridgehead atoms. The molecule has 0 fully saturated rings. The van der Waals surface area contributed by atoms with Gasteiger partial charge in [-0.1, -0.05) is 6.07 Å². The average Bonchev–Trinajstić information content (AvgIpc) is 2.78. The molecule has 0 saturated carbocycles. The molecule has 13 heteroatoms. The van der Waals surface area contributed by atoms with Crippen LogP contribution in [-0.4, -0.2) is 50.6 Å². The zero-order chi connectivity index (χ0) is 24.3. The zero-order valence-electron chi connectivity index (χ0n) is 16.7. The average molecular weight is 454 g/mol. The van der Waals surface area contributed by atoms with Gasteiger partial charge in [-0.25, -0.2) is 9.78 Å². The van der Waals surface area contributed by atoms with E-state index in [1.54, 1.807) is 0 Å². The molecule has 0 spiro atoms. The number of H-pyrrole nitrogens is 1. The molecule has 3 rings (SSSR count). The normalized spacial score (nSPS) is 11.4. The molecule has 1 unspecified atom stereocenters. The first-order valence-electron chi connectivity index (χ1n) is 9.07. The van der Waals surface area contributed by atoms with Crippen LogP contribution in [0.15, 0.2) is 47.3 Å². The topological polar surface area (TPSA) is 199 Å². The fraction of sp³-hybridized carbons (Fsp3) is 0.100. The molecule has 3 aromatic rings. The van der Waals surface area contributed by atoms with E-state index in [-0.39, 0.29) is 28.2 Å². The van der Waals surface area contributed by atoms with Crippen LogP contribution in [0, 0.1) is 10.1 Å². The van der Waals surface area contributed by atoms with Crippen LogP contribution in [0.4, 0.5) is 11.4 Å². The van der Waals surface area contributed by atoms with Crippen LogP contribution in [0.3, 0.4) is 0 Å². The summed E-state index contributed by atoms with van der Waals surface area (Å²) in [6.07, 6.45) is 0. The number of nitrogens with zero attached hydrogens (tertiary/aromatic N) is 2. The van der Waals surface area contributed by atoms with Crippen molar-refractivity contribution in [2.45, 2.75) is 5.92 Å². The van der Waals surface area contributed by atoms with Crippen molar-refractivity contribution in [2.24, 2.45) is 0 Å². The van der Waals surface area contributed by atoms with Crippen LogP contribution in [0.25, 0.3) is 11.0 Å². The fourth-order valence-corrected chi connectivity index (χ4v) is 2.89. The minimum atomic E-state index is -2.25. The number of rotatable bonds is 7. The smallest absolute Gasteiger partial charge is 0.375 e. The molecular weight excluding hydrogens is 440 g/mol. The Labute approximate surface area is 183 Å². The highest BCUT2D eigenvalue weighted by atomic mass is 16.6. The number of hydrogen-bond acceptors (Lipinski definition) is 10. The van der Waals surface area contributed by atoms with Gasteiger partial charge in [0.2, 0.25) is 5.78 Å². The van der Waals surface area contributed by atoms with Crippen molar-refractivity contribution in [3.8, 4) is 5.75 Å². The first-order chi connectivity index (χ1) is 15.6. The van der Waals surface area contributed by atoms with Gasteiger partial charge < -0.3 is 20.1 Å². The van der Waals surface area contributed by atoms with Crippen LogP contribution in [0.5, 0.6) is 5.75 Å². The number of ether oxygens (including phenoxy) is 1. The van der Waals surface area contributed by atoms with Gasteiger partial charge in [0.25, 0.3) is 22.9 Å². The molecule has 1 amide bonds. The number of ketones is 2. The van der Waals surface area contributed by atoms with Crippen LogP contribution in [0.2, 0.25) is 0 Å². The number of non-ortho nitro benzene ring substituents is 1. The molecule has 33 heavy (non-hydrogen) atoms. The first-order valence-corrected chi connectivity index (χ1v) is 9.07. The third kappa shape index (κ3) is 4.71. The molecule has 1 atom stereocenters. The molecule has 0 radical (unpaired) electrons. The molecule has 13 nitrogen and oxygen atoms in total. The number of amides is 1. The molecule has 1 heterocycles. The number of hydrogen-bond donors (Lipinski definition) is 3. The zero-order valence-corrected chi connectivity index (χ0v) is 16.7. The van der Waals surface area contributed by atoms with Gasteiger partial charge in [-0.15, -0.1) is 0 Å². The van der Waals surface area contributed by atoms with E-state index in [2.05, 4.69) is 20.0 Å². The van der Waals surface area contributed by atoms with E-state index in [0.717, 1.165) is 31.4 Å². The predicted octanol–water partition coefficient (Wildman–Crippen LogP) is 0.570. The summed E-state index contributed by atoms with van der Waals surface area (Å²) >= 11 is 0. The highest BCUT2D eigenvalue weighted by molar-refractivity contribution is 6.52. The summed E-state index contributed by atoms with van der Waals surface area (Å²) in [7, 11) is 0.867. The number of methoxy groups -OCH3 is 1. The third-order valence-corrected chi connectivity index (χ3v) is 4.42. The van der Waals surface area contributed by atoms with Crippen molar-refractivity contribution in [2.75, 3.05) is 12.4 Å². The Morgan fingerprint density at radius 2 is 1.88 bits per heavy atom. The fourth-order valence-electron chi connectivity index (χ4n) is 2.89. The summed E-state index contributed by atoms with van der Waals surface area (Å²) in [6, 6.07) is 8.40. The van der Waals surface area contributed by atoms with Gasteiger partial charge in [0, 0.05) is 23.9 Å². The van der Waals surface area contributed by atoms with Gasteiger partial charge in [-0.05, 0) is 18.2 Å². The van der Waals surface area contributed by atoms with Crippen molar-refractivity contribution in [3.05, 3.63) is 68.6 Å². The van der Waals surface area contributed by atoms with Crippen molar-refractivity contribution in [1.82, 2.24) is 9.97 Å². The van der Waals surface area contributed by atoms with E-state index in [1.807, 2.05) is 0 Å². The molecule has 0 aliphatic carbocycles. The molecule has 2 aromatic carbocycles. The minimum Gasteiger partial charge on any atom is -0.508 e. The molecule has 3 N–H and O–H groups in total. The highest BCUT2D eigenvalue weighted by Gasteiger charge is 2.40. The number of phenolic OH excluding ortho intramolecular Hbond substituents is 1. The minimum absolute atomic E-state index is 0.00491. The first kappa shape index (κ1) is 22.7. The summed E-state index contributed by atoms with van der Waals surface area (Å²) in [5.74, 6) is -8.35. The number of nitrogens with one attached hydrogen (secondary N) is 2. The number of phenols is 1. The SMILES string of the molecule is COC(=O)C(=O)C(C(=O)C(=O)Nc1cccc(O)c1)c1nc2ccc([N+](=O)[O-])cc2[nH]c1=O. The van der Waals surface area contributed by atoms with Crippen molar-refractivity contribution >= 4 is 45.9 Å². The predicted molar refractivity (Wildman–Crippen MR) is 111 cm³/mol. The summed E-state index contributed by atoms with van der Waals surface area (Å²) < 4.78 is 4.33. The summed E-state index contributed by atoms with van der Waals surface area (Å²) in [6.45, 7) is 0. The molecule has 0 aliphatic rings. The van der Waals surface area contributed by atoms with Gasteiger partial charge in [0.1, 0.15) is 17.4 Å². The Kier molecular flexibility index (Phi) is 6.24. The second-order valence-electron chi connectivity index (χ2n) is 6.57. The lowest BCUT2D eigenvalue weighted by Gasteiger charge is -2.13. The maximum Gasteiger partial charge on any atom is 0.375 e. The lowest BCUT2D eigenvalue weighted by molar-refractivity contribution is -0.384. The molecule has 0 saturated heterocycles. The number of nitro groups is 1. The Balaban J connectivity index is 2.07. The number of aromatic amines is 1. The lowest BCUT2D eigenvalue weighted by atomic mass is 9.94. The van der Waals surface area contributed by atoms with Gasteiger partial charge in [-0.3, -0.25) is 29.3 Å². The van der Waals surface area contributed by atoms with Crippen molar-refractivity contribution < 1.29 is 33.9 Å². The van der Waals surface area contributed by atoms with E-state index in [9.17, 15) is 39.2 Å². The summed E-state index contributed by atoms with van der Waals surface area (Å²) in [5, 5.41) is 22.6. The van der Waals surface area contributed by atoms with Gasteiger partial charge in [0.05, 0.1) is 23.1 Å². The lowest BCUT2D eigenvalue weighted by Crippen LogP contribution is -2.39. The van der Waals surface area contributed by atoms with E-state index in [0.29, 0.717) is 0 Å². The van der Waals surface area contributed by atoms with Crippen LogP contribution in [-0.2, 0) is 23.9 Å². The number of carbonyl (C=O) groups excluding carboxylic acids is 4. The number of aromatic hydroxyl groups is 1. The third-order valence-electron chi connectivity index (χ3n) is 4.42. The van der Waals surface area contributed by atoms with E-state index in [1.165, 1.54) is 18.2 Å². The van der Waals surface area contributed by atoms with Crippen LogP contribution < -0.4 is 10.9 Å². The number of anilines is 1. The molecule has 0 aliphatic heterocycles. The maximum atomic E-state index is 12.8. The van der Waals surface area contributed by atoms with Crippen molar-refractivity contribution in [1.29, 1.82) is 0 Å². The number of benzene rings is 2. The monoisotopic (exact) mass is 454 g/mol. The van der Waals surface area contributed by atoms with Gasteiger partial charge in [0.15, 0.2) is 0 Å². The van der Waals surface area contributed by atoms with Gasteiger partial charge in [-0.2, -0.15) is 0 Å². The van der Waals surface area contributed by atoms with Crippen molar-refractivity contribution in [3.63, 3.8) is 0 Å². The number of fused-ring (bicyclic) bond motifs is 1. The molecule has 1 aromatic heterocycles. The Hall–Kier alpha value is -4.94. The molecular formula is C20H14N4O9. The quantitative estimate of drug-likeness (QED) is 0.149. The second kappa shape index (κ2) is 9.05. The number of nitro benzene ring substituents is 1. The Bertz CT molecular complexity index is 1380. The summed E-state index contributed by atoms with van der Waals surface area (Å²) in [5.41, 5.74) is -2.36.